The van der Waals surface area contributed by atoms with Gasteiger partial charge in [-0.15, -0.1) is 12.4 Å². The van der Waals surface area contributed by atoms with Crippen LogP contribution in [-0.4, -0.2) is 36.5 Å². The summed E-state index contributed by atoms with van der Waals surface area (Å²) in [6.07, 6.45) is 2.30. The van der Waals surface area contributed by atoms with Crippen LogP contribution in [0.25, 0.3) is 0 Å². The van der Waals surface area contributed by atoms with Gasteiger partial charge < -0.3 is 11.1 Å². The van der Waals surface area contributed by atoms with Crippen molar-refractivity contribution in [2.24, 2.45) is 11.7 Å². The molecule has 5 heteroatoms. The van der Waals surface area contributed by atoms with Crippen LogP contribution in [0.15, 0.2) is 24.3 Å². The Bertz CT molecular complexity index is 447. The van der Waals surface area contributed by atoms with Crippen molar-refractivity contribution in [1.29, 1.82) is 0 Å². The molecular formula is C16H26ClN3O. The molecule has 0 bridgehead atoms. The molecular weight excluding hydrogens is 286 g/mol. The Morgan fingerprint density at radius 2 is 2.10 bits per heavy atom. The molecule has 1 aliphatic rings. The van der Waals surface area contributed by atoms with Crippen LogP contribution >= 0.6 is 12.4 Å². The summed E-state index contributed by atoms with van der Waals surface area (Å²) in [4.78, 5) is 14.3. The fraction of sp³-hybridized carbons (Fsp3) is 0.562. The number of halogens is 1. The molecule has 1 aromatic rings. The lowest BCUT2D eigenvalue weighted by Gasteiger charge is -2.34. The van der Waals surface area contributed by atoms with Gasteiger partial charge in [-0.25, -0.2) is 0 Å². The van der Waals surface area contributed by atoms with Crippen molar-refractivity contribution >= 4 is 24.0 Å². The van der Waals surface area contributed by atoms with Crippen molar-refractivity contribution in [3.8, 4) is 0 Å². The molecule has 2 atom stereocenters. The molecule has 0 saturated carbocycles. The Hall–Kier alpha value is -1.10. The second-order valence-electron chi connectivity index (χ2n) is 5.91. The normalized spacial score (nSPS) is 20.4. The van der Waals surface area contributed by atoms with Crippen LogP contribution in [0.3, 0.4) is 0 Å². The zero-order valence-corrected chi connectivity index (χ0v) is 13.7. The second kappa shape index (κ2) is 8.37. The number of hydrogen-bond acceptors (Lipinski definition) is 3. The fourth-order valence-corrected chi connectivity index (χ4v) is 2.70. The number of anilines is 1. The molecule has 1 aliphatic heterocycles. The van der Waals surface area contributed by atoms with Crippen LogP contribution in [-0.2, 0) is 4.79 Å². The number of nitrogens with two attached hydrogens (primary N) is 1. The molecule has 1 saturated heterocycles. The lowest BCUT2D eigenvalue weighted by atomic mass is 9.92. The van der Waals surface area contributed by atoms with Crippen molar-refractivity contribution in [2.75, 3.05) is 25.0 Å². The maximum Gasteiger partial charge on any atom is 0.238 e. The number of hydrogen-bond donors (Lipinski definition) is 2. The van der Waals surface area contributed by atoms with Crippen molar-refractivity contribution in [2.45, 2.75) is 32.7 Å². The molecule has 0 aromatic heterocycles. The van der Waals surface area contributed by atoms with Gasteiger partial charge in [-0.2, -0.15) is 0 Å². The second-order valence-corrected chi connectivity index (χ2v) is 5.91. The van der Waals surface area contributed by atoms with Gasteiger partial charge in [0.15, 0.2) is 0 Å². The predicted octanol–water partition coefficient (Wildman–Crippen LogP) is 2.41. The quantitative estimate of drug-likeness (QED) is 0.898. The van der Waals surface area contributed by atoms with Gasteiger partial charge in [0.05, 0.1) is 6.54 Å². The number of nitrogens with one attached hydrogen (secondary N) is 1. The van der Waals surface area contributed by atoms with Gasteiger partial charge in [-0.05, 0) is 51.3 Å². The van der Waals surface area contributed by atoms with Gasteiger partial charge in [0.2, 0.25) is 5.91 Å². The van der Waals surface area contributed by atoms with Crippen LogP contribution in [0, 0.1) is 12.8 Å². The number of piperidine rings is 1. The van der Waals surface area contributed by atoms with E-state index in [0.717, 1.165) is 25.2 Å². The zero-order valence-electron chi connectivity index (χ0n) is 12.8. The lowest BCUT2D eigenvalue weighted by Crippen LogP contribution is -2.45. The van der Waals surface area contributed by atoms with Crippen LogP contribution in [0.4, 0.5) is 5.69 Å². The molecule has 0 aliphatic carbocycles. The van der Waals surface area contributed by atoms with Gasteiger partial charge in [0.25, 0.3) is 0 Å². The molecule has 0 spiro atoms. The number of likely N-dealkylation sites (tertiary alicyclic amines) is 1. The monoisotopic (exact) mass is 311 g/mol. The third-order valence-corrected chi connectivity index (χ3v) is 3.99. The number of rotatable bonds is 4. The highest BCUT2D eigenvalue weighted by atomic mass is 35.5. The van der Waals surface area contributed by atoms with Crippen LogP contribution in [0.5, 0.6) is 0 Å². The van der Waals surface area contributed by atoms with Gasteiger partial charge in [0.1, 0.15) is 0 Å². The van der Waals surface area contributed by atoms with Crippen molar-refractivity contribution in [3.63, 3.8) is 0 Å². The minimum Gasteiger partial charge on any atom is -0.328 e. The highest BCUT2D eigenvalue weighted by Crippen LogP contribution is 2.18. The third kappa shape index (κ3) is 5.65. The van der Waals surface area contributed by atoms with Gasteiger partial charge in [-0.1, -0.05) is 17.7 Å². The Morgan fingerprint density at radius 1 is 1.43 bits per heavy atom. The van der Waals surface area contributed by atoms with E-state index in [4.69, 9.17) is 5.73 Å². The van der Waals surface area contributed by atoms with E-state index in [1.807, 2.05) is 31.2 Å². The summed E-state index contributed by atoms with van der Waals surface area (Å²) in [5.74, 6) is 0.565. The topological polar surface area (TPSA) is 58.4 Å². The minimum atomic E-state index is 0. The molecule has 21 heavy (non-hydrogen) atoms. The maximum atomic E-state index is 12.1. The van der Waals surface area contributed by atoms with Crippen molar-refractivity contribution < 1.29 is 4.79 Å². The van der Waals surface area contributed by atoms with Gasteiger partial charge >= 0.3 is 0 Å². The summed E-state index contributed by atoms with van der Waals surface area (Å²) >= 11 is 0. The van der Waals surface area contributed by atoms with Crippen LogP contribution < -0.4 is 11.1 Å². The molecule has 2 rings (SSSR count). The standard InChI is InChI=1S/C16H25N3O.ClH/c1-12-5-7-15(8-6-12)18-16(20)11-19-9-3-4-14(10-19)13(2)17;/h5-8,13-14H,3-4,9-11,17H2,1-2H3,(H,18,20);1H. The summed E-state index contributed by atoms with van der Waals surface area (Å²) in [6, 6.07) is 8.09. The van der Waals surface area contributed by atoms with E-state index < -0.39 is 0 Å². The summed E-state index contributed by atoms with van der Waals surface area (Å²) in [5.41, 5.74) is 8.03. The van der Waals surface area contributed by atoms with Gasteiger partial charge in [0, 0.05) is 18.3 Å². The van der Waals surface area contributed by atoms with E-state index in [0.29, 0.717) is 12.5 Å². The average molecular weight is 312 g/mol. The van der Waals surface area contributed by atoms with E-state index >= 15 is 0 Å². The Kier molecular flexibility index (Phi) is 7.15. The average Bonchev–Trinajstić information content (AvgIpc) is 2.41. The van der Waals surface area contributed by atoms with E-state index in [-0.39, 0.29) is 24.4 Å². The first-order chi connectivity index (χ1) is 9.54. The van der Waals surface area contributed by atoms with Gasteiger partial charge in [-0.3, -0.25) is 9.69 Å². The summed E-state index contributed by atoms with van der Waals surface area (Å²) in [5, 5.41) is 2.95. The summed E-state index contributed by atoms with van der Waals surface area (Å²) < 4.78 is 0. The largest absolute Gasteiger partial charge is 0.328 e. The number of nitrogens with zero attached hydrogens (tertiary/aromatic N) is 1. The highest BCUT2D eigenvalue weighted by molar-refractivity contribution is 5.92. The third-order valence-electron chi connectivity index (χ3n) is 3.99. The van der Waals surface area contributed by atoms with E-state index in [2.05, 4.69) is 17.1 Å². The first kappa shape index (κ1) is 18.0. The minimum absolute atomic E-state index is 0. The first-order valence-corrected chi connectivity index (χ1v) is 7.39. The Labute approximate surface area is 133 Å². The summed E-state index contributed by atoms with van der Waals surface area (Å²) in [6.45, 7) is 6.47. The lowest BCUT2D eigenvalue weighted by molar-refractivity contribution is -0.117. The molecule has 3 N–H and O–H groups in total. The fourth-order valence-electron chi connectivity index (χ4n) is 2.70. The molecule has 0 radical (unpaired) electrons. The van der Waals surface area contributed by atoms with E-state index in [1.165, 1.54) is 12.0 Å². The highest BCUT2D eigenvalue weighted by Gasteiger charge is 2.23. The Morgan fingerprint density at radius 3 is 2.71 bits per heavy atom. The van der Waals surface area contributed by atoms with Crippen molar-refractivity contribution in [1.82, 2.24) is 4.90 Å². The maximum absolute atomic E-state index is 12.1. The number of aryl methyl sites for hydroxylation is 1. The molecule has 1 fully saturated rings. The van der Waals surface area contributed by atoms with E-state index in [9.17, 15) is 4.79 Å². The molecule has 1 amide bonds. The van der Waals surface area contributed by atoms with E-state index in [1.54, 1.807) is 0 Å². The molecule has 1 aromatic carbocycles. The smallest absolute Gasteiger partial charge is 0.238 e. The Balaban J connectivity index is 0.00000220. The predicted molar refractivity (Wildman–Crippen MR) is 89.9 cm³/mol. The molecule has 118 valence electrons. The molecule has 1 heterocycles. The number of carbonyl (C=O) groups excluding carboxylic acids is 1. The first-order valence-electron chi connectivity index (χ1n) is 7.39. The zero-order chi connectivity index (χ0) is 14.5. The van der Waals surface area contributed by atoms with Crippen LogP contribution in [0.1, 0.15) is 25.3 Å². The van der Waals surface area contributed by atoms with Crippen molar-refractivity contribution in [3.05, 3.63) is 29.8 Å². The molecule has 4 nitrogen and oxygen atoms in total. The number of benzene rings is 1. The summed E-state index contributed by atoms with van der Waals surface area (Å²) in [7, 11) is 0. The van der Waals surface area contributed by atoms with Crippen LogP contribution in [0.2, 0.25) is 0 Å². The SMILES string of the molecule is Cc1ccc(NC(=O)CN2CCCC(C(C)N)C2)cc1.Cl. The molecule has 2 unspecified atom stereocenters. The number of carbonyl (C=O) groups is 1. The number of amides is 1.